The number of aliphatic hydroxyl groups excluding tert-OH is 1. The Bertz CT molecular complexity index is 113. The van der Waals surface area contributed by atoms with E-state index in [4.69, 9.17) is 5.11 Å². The summed E-state index contributed by atoms with van der Waals surface area (Å²) in [5, 5.41) is 12.3. The van der Waals surface area contributed by atoms with E-state index in [2.05, 4.69) is 24.1 Å². The van der Waals surface area contributed by atoms with Crippen molar-refractivity contribution in [1.82, 2.24) is 10.2 Å². The molecule has 0 aliphatic carbocycles. The summed E-state index contributed by atoms with van der Waals surface area (Å²) in [5.74, 6) is 0. The summed E-state index contributed by atoms with van der Waals surface area (Å²) in [5.41, 5.74) is 0. The number of hydrogen-bond acceptors (Lipinski definition) is 3. The van der Waals surface area contributed by atoms with Gasteiger partial charge in [0, 0.05) is 25.8 Å². The van der Waals surface area contributed by atoms with Gasteiger partial charge < -0.3 is 10.4 Å². The number of nitrogens with one attached hydrogen (secondary N) is 1. The van der Waals surface area contributed by atoms with Crippen LogP contribution in [-0.4, -0.2) is 41.9 Å². The molecule has 3 nitrogen and oxygen atoms in total. The van der Waals surface area contributed by atoms with Gasteiger partial charge >= 0.3 is 0 Å². The summed E-state index contributed by atoms with van der Waals surface area (Å²) >= 11 is 0. The molecule has 66 valence electrons. The van der Waals surface area contributed by atoms with Crippen LogP contribution in [0.25, 0.3) is 0 Å². The Labute approximate surface area is 68.4 Å². The van der Waals surface area contributed by atoms with Crippen molar-refractivity contribution in [3.05, 3.63) is 0 Å². The lowest BCUT2D eigenvalue weighted by Gasteiger charge is -2.36. The molecule has 1 heterocycles. The third kappa shape index (κ3) is 2.77. The molecule has 1 aliphatic rings. The van der Waals surface area contributed by atoms with Gasteiger partial charge in [-0.15, -0.1) is 0 Å². The predicted molar refractivity (Wildman–Crippen MR) is 45.3 cm³/mol. The molecular formula is C8H18N2O. The quantitative estimate of drug-likeness (QED) is 0.605. The molecule has 0 spiro atoms. The van der Waals surface area contributed by atoms with E-state index in [0.29, 0.717) is 6.04 Å². The second-order valence-corrected chi connectivity index (χ2v) is 3.36. The summed E-state index contributed by atoms with van der Waals surface area (Å²) in [7, 11) is 0. The Hall–Kier alpha value is -0.120. The van der Waals surface area contributed by atoms with Gasteiger partial charge in [0.25, 0.3) is 0 Å². The minimum Gasteiger partial charge on any atom is -0.390 e. The minimum atomic E-state index is -0.0752. The molecule has 1 saturated heterocycles. The lowest BCUT2D eigenvalue weighted by Crippen LogP contribution is -2.54. The van der Waals surface area contributed by atoms with Gasteiger partial charge in [-0.3, -0.25) is 4.90 Å². The number of nitrogens with zero attached hydrogens (tertiary/aromatic N) is 1. The fraction of sp³-hybridized carbons (Fsp3) is 1.00. The van der Waals surface area contributed by atoms with Gasteiger partial charge in [0.2, 0.25) is 0 Å². The van der Waals surface area contributed by atoms with Gasteiger partial charge in [-0.1, -0.05) is 6.92 Å². The Morgan fingerprint density at radius 2 is 2.27 bits per heavy atom. The average Bonchev–Trinajstić information content (AvgIpc) is 1.95. The van der Waals surface area contributed by atoms with Crippen molar-refractivity contribution < 1.29 is 5.11 Å². The highest BCUT2D eigenvalue weighted by Crippen LogP contribution is 2.04. The zero-order chi connectivity index (χ0) is 8.27. The topological polar surface area (TPSA) is 35.5 Å². The second-order valence-electron chi connectivity index (χ2n) is 3.36. The fourth-order valence-electron chi connectivity index (χ4n) is 1.10. The Kier molecular flexibility index (Phi) is 3.30. The van der Waals surface area contributed by atoms with Crippen molar-refractivity contribution in [3.63, 3.8) is 0 Å². The molecule has 0 bridgehead atoms. The average molecular weight is 158 g/mol. The summed E-state index contributed by atoms with van der Waals surface area (Å²) in [6, 6.07) is 0.591. The van der Waals surface area contributed by atoms with Crippen molar-refractivity contribution in [1.29, 1.82) is 0 Å². The van der Waals surface area contributed by atoms with Crippen molar-refractivity contribution >= 4 is 0 Å². The van der Waals surface area contributed by atoms with E-state index < -0.39 is 0 Å². The van der Waals surface area contributed by atoms with Crippen LogP contribution in [0.1, 0.15) is 20.3 Å². The van der Waals surface area contributed by atoms with E-state index in [1.165, 1.54) is 0 Å². The van der Waals surface area contributed by atoms with Gasteiger partial charge in [-0.25, -0.2) is 0 Å². The second kappa shape index (κ2) is 4.04. The van der Waals surface area contributed by atoms with Gasteiger partial charge in [0.15, 0.2) is 0 Å². The van der Waals surface area contributed by atoms with Crippen molar-refractivity contribution in [2.75, 3.05) is 19.8 Å². The highest BCUT2D eigenvalue weighted by atomic mass is 16.3. The molecule has 1 aliphatic heterocycles. The van der Waals surface area contributed by atoms with Crippen LogP contribution in [0.5, 0.6) is 0 Å². The first kappa shape index (κ1) is 8.97. The molecule has 1 rings (SSSR count). The van der Waals surface area contributed by atoms with E-state index in [1.54, 1.807) is 0 Å². The first-order valence-electron chi connectivity index (χ1n) is 4.36. The van der Waals surface area contributed by atoms with E-state index in [0.717, 1.165) is 26.2 Å². The smallest absolute Gasteiger partial charge is 0.0794 e. The molecule has 0 aromatic rings. The lowest BCUT2D eigenvalue weighted by molar-refractivity contribution is -0.00395. The number of β-amino-alcohol motifs (C(OH)–C–C–N with tert-alkyl or cyclic N) is 1. The van der Waals surface area contributed by atoms with Gasteiger partial charge in [-0.2, -0.15) is 0 Å². The Balaban J connectivity index is 1.96. The van der Waals surface area contributed by atoms with Crippen molar-refractivity contribution in [2.45, 2.75) is 32.4 Å². The van der Waals surface area contributed by atoms with Crippen LogP contribution < -0.4 is 5.32 Å². The zero-order valence-electron chi connectivity index (χ0n) is 7.38. The molecule has 1 unspecified atom stereocenters. The summed E-state index contributed by atoms with van der Waals surface area (Å²) in [4.78, 5) is 2.21. The molecule has 0 saturated carbocycles. The van der Waals surface area contributed by atoms with E-state index in [9.17, 15) is 0 Å². The lowest BCUT2D eigenvalue weighted by atomic mass is 10.2. The monoisotopic (exact) mass is 158 g/mol. The maximum absolute atomic E-state index is 8.97. The third-order valence-corrected chi connectivity index (χ3v) is 2.21. The molecule has 0 amide bonds. The van der Waals surface area contributed by atoms with Crippen molar-refractivity contribution in [2.24, 2.45) is 0 Å². The normalized spacial score (nSPS) is 23.2. The molecule has 2 N–H and O–H groups in total. The van der Waals surface area contributed by atoms with Gasteiger partial charge in [0.05, 0.1) is 6.10 Å². The van der Waals surface area contributed by atoms with E-state index in [-0.39, 0.29) is 6.10 Å². The molecule has 3 heteroatoms. The first-order valence-corrected chi connectivity index (χ1v) is 4.36. The van der Waals surface area contributed by atoms with Gasteiger partial charge in [0.1, 0.15) is 0 Å². The molecule has 0 radical (unpaired) electrons. The van der Waals surface area contributed by atoms with Crippen molar-refractivity contribution in [3.8, 4) is 0 Å². The fourth-order valence-corrected chi connectivity index (χ4v) is 1.10. The SMILES string of the molecule is CCC(C)NCN1CC(O)C1. The zero-order valence-corrected chi connectivity index (χ0v) is 7.38. The van der Waals surface area contributed by atoms with E-state index in [1.807, 2.05) is 0 Å². The van der Waals surface area contributed by atoms with E-state index >= 15 is 0 Å². The summed E-state index contributed by atoms with van der Waals surface area (Å²) in [6.07, 6.45) is 1.09. The molecule has 1 atom stereocenters. The summed E-state index contributed by atoms with van der Waals surface area (Å²) < 4.78 is 0. The van der Waals surface area contributed by atoms with Gasteiger partial charge in [-0.05, 0) is 13.3 Å². The Morgan fingerprint density at radius 3 is 2.73 bits per heavy atom. The highest BCUT2D eigenvalue weighted by molar-refractivity contribution is 4.78. The number of rotatable bonds is 4. The predicted octanol–water partition coefficient (Wildman–Crippen LogP) is 0.00850. The maximum atomic E-state index is 8.97. The Morgan fingerprint density at radius 1 is 1.64 bits per heavy atom. The molecule has 0 aromatic heterocycles. The molecule has 11 heavy (non-hydrogen) atoms. The maximum Gasteiger partial charge on any atom is 0.0794 e. The van der Waals surface area contributed by atoms with Crippen LogP contribution in [0.2, 0.25) is 0 Å². The molecular weight excluding hydrogens is 140 g/mol. The molecule has 0 aromatic carbocycles. The number of hydrogen-bond donors (Lipinski definition) is 2. The largest absolute Gasteiger partial charge is 0.390 e. The number of aliphatic hydroxyl groups is 1. The summed E-state index contributed by atoms with van der Waals surface area (Å²) in [6.45, 7) is 6.94. The van der Waals surface area contributed by atoms with Crippen LogP contribution in [-0.2, 0) is 0 Å². The van der Waals surface area contributed by atoms with Crippen LogP contribution in [0.4, 0.5) is 0 Å². The minimum absolute atomic E-state index is 0.0752. The third-order valence-electron chi connectivity index (χ3n) is 2.21. The first-order chi connectivity index (χ1) is 5.22. The number of likely N-dealkylation sites (tertiary alicyclic amines) is 1. The van der Waals surface area contributed by atoms with Crippen LogP contribution >= 0.6 is 0 Å². The molecule has 1 fully saturated rings. The van der Waals surface area contributed by atoms with Crippen LogP contribution in [0, 0.1) is 0 Å². The highest BCUT2D eigenvalue weighted by Gasteiger charge is 2.23. The van der Waals surface area contributed by atoms with Crippen LogP contribution in [0.15, 0.2) is 0 Å². The standard InChI is InChI=1S/C8H18N2O/c1-3-7(2)9-6-10-4-8(11)5-10/h7-9,11H,3-6H2,1-2H3. The van der Waals surface area contributed by atoms with Crippen LogP contribution in [0.3, 0.4) is 0 Å².